The van der Waals surface area contributed by atoms with E-state index < -0.39 is 16.4 Å². The van der Waals surface area contributed by atoms with Gasteiger partial charge in [-0.3, -0.25) is 15.0 Å². The van der Waals surface area contributed by atoms with Crippen molar-refractivity contribution in [3.05, 3.63) is 51.5 Å². The van der Waals surface area contributed by atoms with Gasteiger partial charge in [0, 0.05) is 30.9 Å². The van der Waals surface area contributed by atoms with Crippen LogP contribution in [-0.4, -0.2) is 46.0 Å². The number of rotatable bonds is 5. The van der Waals surface area contributed by atoms with Gasteiger partial charge in [0.25, 0.3) is 0 Å². The number of nitrogens with one attached hydrogen (secondary N) is 1. The van der Waals surface area contributed by atoms with Crippen LogP contribution in [-0.2, 0) is 6.54 Å². The second kappa shape index (κ2) is 7.25. The zero-order valence-corrected chi connectivity index (χ0v) is 16.5. The van der Waals surface area contributed by atoms with Crippen molar-refractivity contribution >= 4 is 29.2 Å². The summed E-state index contributed by atoms with van der Waals surface area (Å²) >= 11 is 0. The van der Waals surface area contributed by atoms with E-state index in [0.717, 1.165) is 29.7 Å². The molecule has 1 aliphatic carbocycles. The number of amides is 2. The third kappa shape index (κ3) is 3.17. The summed E-state index contributed by atoms with van der Waals surface area (Å²) in [5.74, 6) is -0.423. The lowest BCUT2D eigenvalue weighted by Gasteiger charge is -2.42. The summed E-state index contributed by atoms with van der Waals surface area (Å²) in [6, 6.07) is 1.84. The Morgan fingerprint density at radius 3 is 2.77 bits per heavy atom. The average Bonchev–Trinajstić information content (AvgIpc) is 2.71. The second-order valence-electron chi connectivity index (χ2n) is 7.10. The van der Waals surface area contributed by atoms with E-state index in [4.69, 9.17) is 4.74 Å². The fourth-order valence-corrected chi connectivity index (χ4v) is 3.54. The monoisotopic (exact) mass is 414 g/mol. The van der Waals surface area contributed by atoms with E-state index in [2.05, 4.69) is 21.4 Å². The maximum atomic E-state index is 13.9. The van der Waals surface area contributed by atoms with Crippen molar-refractivity contribution in [2.45, 2.75) is 25.9 Å². The molecular weight excluding hydrogens is 395 g/mol. The van der Waals surface area contributed by atoms with Crippen LogP contribution in [0.2, 0.25) is 0 Å². The number of anilines is 3. The summed E-state index contributed by atoms with van der Waals surface area (Å²) in [5.41, 5.74) is 1.36. The molecule has 0 saturated heterocycles. The number of nitro benzene ring substituents is 1. The van der Waals surface area contributed by atoms with Crippen molar-refractivity contribution in [1.29, 1.82) is 0 Å². The number of nitrogens with zero attached hydrogens (tertiary/aromatic N) is 5. The van der Waals surface area contributed by atoms with Gasteiger partial charge in [-0.25, -0.2) is 9.78 Å². The fraction of sp³-hybridized carbons (Fsp3) is 0.316. The van der Waals surface area contributed by atoms with Gasteiger partial charge in [-0.2, -0.15) is 9.37 Å². The molecular formula is C19H19FN6O4. The Morgan fingerprint density at radius 1 is 1.40 bits per heavy atom. The van der Waals surface area contributed by atoms with Crippen molar-refractivity contribution in [2.24, 2.45) is 0 Å². The first-order chi connectivity index (χ1) is 14.3. The van der Waals surface area contributed by atoms with Crippen LogP contribution in [0, 0.1) is 15.9 Å². The van der Waals surface area contributed by atoms with E-state index in [9.17, 15) is 19.3 Å². The smallest absolute Gasteiger partial charge is 0.326 e. The first-order valence-corrected chi connectivity index (χ1v) is 9.16. The Balaban J connectivity index is 1.65. The van der Waals surface area contributed by atoms with Crippen LogP contribution in [0.3, 0.4) is 0 Å². The van der Waals surface area contributed by atoms with Gasteiger partial charge in [-0.15, -0.1) is 0 Å². The Morgan fingerprint density at radius 2 is 2.17 bits per heavy atom. The molecule has 1 atom stereocenters. The minimum Gasteiger partial charge on any atom is -0.494 e. The maximum absolute atomic E-state index is 13.9. The number of carbonyl (C=O) groups is 1. The molecule has 1 N–H and O–H groups in total. The van der Waals surface area contributed by atoms with E-state index >= 15 is 0 Å². The van der Waals surface area contributed by atoms with E-state index in [1.807, 2.05) is 6.92 Å². The number of hydrogen-bond acceptors (Lipinski definition) is 7. The molecule has 10 nitrogen and oxygen atoms in total. The zero-order valence-electron chi connectivity index (χ0n) is 16.5. The fourth-order valence-electron chi connectivity index (χ4n) is 3.54. The molecule has 30 heavy (non-hydrogen) atoms. The number of nitro groups is 1. The Labute approximate surface area is 171 Å². The third-order valence-corrected chi connectivity index (χ3v) is 5.31. The number of benzene rings is 1. The lowest BCUT2D eigenvalue weighted by molar-refractivity contribution is -0.387. The molecule has 4 rings (SSSR count). The SMILES string of the molecule is COc1cc(F)c([N+](=O)[O-])cc1Nc1ncc2c(n1)N(C)C(=O)N(C1CC=C1C)C2. The van der Waals surface area contributed by atoms with Crippen molar-refractivity contribution < 1.29 is 18.8 Å². The predicted octanol–water partition coefficient (Wildman–Crippen LogP) is 3.37. The summed E-state index contributed by atoms with van der Waals surface area (Å²) in [5, 5.41) is 13.9. The highest BCUT2D eigenvalue weighted by Gasteiger charge is 2.36. The number of halogens is 1. The van der Waals surface area contributed by atoms with E-state index in [1.165, 1.54) is 12.0 Å². The molecule has 1 unspecified atom stereocenters. The molecule has 2 amide bonds. The van der Waals surface area contributed by atoms with Gasteiger partial charge in [-0.1, -0.05) is 11.6 Å². The molecule has 11 heteroatoms. The number of fused-ring (bicyclic) bond motifs is 1. The normalized spacial score (nSPS) is 17.8. The van der Waals surface area contributed by atoms with Gasteiger partial charge in [0.05, 0.1) is 30.3 Å². The standard InChI is InChI=1S/C19H19FN6O4/c1-10-4-5-14(10)25-9-11-8-21-18(23-17(11)24(2)19(25)27)22-13-7-15(26(28)29)12(20)6-16(13)30-3/h4,6-8,14H,5,9H2,1-3H3,(H,21,22,23). The highest BCUT2D eigenvalue weighted by molar-refractivity contribution is 5.94. The largest absolute Gasteiger partial charge is 0.494 e. The third-order valence-electron chi connectivity index (χ3n) is 5.31. The van der Waals surface area contributed by atoms with Crippen LogP contribution < -0.4 is 15.0 Å². The Hall–Kier alpha value is -3.76. The summed E-state index contributed by atoms with van der Waals surface area (Å²) in [6.07, 6.45) is 4.51. The molecule has 0 spiro atoms. The van der Waals surface area contributed by atoms with Crippen molar-refractivity contribution in [2.75, 3.05) is 24.4 Å². The van der Waals surface area contributed by atoms with Gasteiger partial charge < -0.3 is 15.0 Å². The first-order valence-electron chi connectivity index (χ1n) is 9.16. The first kappa shape index (κ1) is 19.6. The molecule has 1 aromatic carbocycles. The van der Waals surface area contributed by atoms with Crippen molar-refractivity contribution in [1.82, 2.24) is 14.9 Å². The number of urea groups is 1. The lowest BCUT2D eigenvalue weighted by atomic mass is 9.91. The molecule has 0 saturated carbocycles. The molecule has 0 radical (unpaired) electrons. The van der Waals surface area contributed by atoms with Crippen LogP contribution in [0.4, 0.5) is 32.3 Å². The predicted molar refractivity (Wildman–Crippen MR) is 106 cm³/mol. The van der Waals surface area contributed by atoms with Crippen LogP contribution in [0.1, 0.15) is 18.9 Å². The summed E-state index contributed by atoms with van der Waals surface area (Å²) in [4.78, 5) is 34.9. The molecule has 0 bridgehead atoms. The van der Waals surface area contributed by atoms with Gasteiger partial charge >= 0.3 is 11.7 Å². The highest BCUT2D eigenvalue weighted by Crippen LogP contribution is 2.36. The topological polar surface area (TPSA) is 114 Å². The number of methoxy groups -OCH3 is 1. The quantitative estimate of drug-likeness (QED) is 0.453. The number of carbonyl (C=O) groups excluding carboxylic acids is 1. The van der Waals surface area contributed by atoms with Crippen molar-refractivity contribution in [3.63, 3.8) is 0 Å². The molecule has 2 aromatic rings. The average molecular weight is 414 g/mol. The van der Waals surface area contributed by atoms with Gasteiger partial charge in [0.1, 0.15) is 11.6 Å². The van der Waals surface area contributed by atoms with Crippen LogP contribution in [0.15, 0.2) is 30.0 Å². The molecule has 0 fully saturated rings. The Bertz CT molecular complexity index is 1090. The van der Waals surface area contributed by atoms with Crippen LogP contribution in [0.25, 0.3) is 0 Å². The van der Waals surface area contributed by atoms with E-state index in [1.54, 1.807) is 18.1 Å². The van der Waals surface area contributed by atoms with Crippen molar-refractivity contribution in [3.8, 4) is 5.75 Å². The molecule has 156 valence electrons. The minimum atomic E-state index is -1.01. The summed E-state index contributed by atoms with van der Waals surface area (Å²) in [7, 11) is 2.95. The number of ether oxygens (including phenoxy) is 1. The number of aromatic nitrogens is 2. The lowest BCUT2D eigenvalue weighted by Crippen LogP contribution is -2.52. The minimum absolute atomic E-state index is 0.0577. The highest BCUT2D eigenvalue weighted by atomic mass is 19.1. The zero-order chi connectivity index (χ0) is 21.6. The van der Waals surface area contributed by atoms with Gasteiger partial charge in [-0.05, 0) is 13.3 Å². The second-order valence-corrected chi connectivity index (χ2v) is 7.10. The molecule has 2 heterocycles. The van der Waals surface area contributed by atoms with E-state index in [-0.39, 0.29) is 29.5 Å². The van der Waals surface area contributed by atoms with Crippen LogP contribution >= 0.6 is 0 Å². The molecule has 1 aromatic heterocycles. The summed E-state index contributed by atoms with van der Waals surface area (Å²) < 4.78 is 19.0. The number of hydrogen-bond donors (Lipinski definition) is 1. The molecule has 1 aliphatic heterocycles. The maximum Gasteiger partial charge on any atom is 0.326 e. The Kier molecular flexibility index (Phi) is 4.72. The van der Waals surface area contributed by atoms with Gasteiger partial charge in [0.2, 0.25) is 11.8 Å². The molecule has 2 aliphatic rings. The van der Waals surface area contributed by atoms with E-state index in [0.29, 0.717) is 12.4 Å². The van der Waals surface area contributed by atoms with Gasteiger partial charge in [0.15, 0.2) is 0 Å². The van der Waals surface area contributed by atoms with Crippen LogP contribution in [0.5, 0.6) is 5.75 Å². The summed E-state index contributed by atoms with van der Waals surface area (Å²) in [6.45, 7) is 2.38.